The van der Waals surface area contributed by atoms with Crippen molar-refractivity contribution in [2.45, 2.75) is 44.6 Å². The first kappa shape index (κ1) is 14.5. The predicted octanol–water partition coefficient (Wildman–Crippen LogP) is 3.18. The van der Waals surface area contributed by atoms with E-state index < -0.39 is 0 Å². The van der Waals surface area contributed by atoms with Gasteiger partial charge in [0, 0.05) is 25.0 Å². The van der Waals surface area contributed by atoms with Gasteiger partial charge in [0.15, 0.2) is 0 Å². The summed E-state index contributed by atoms with van der Waals surface area (Å²) in [7, 11) is 1.99. The fourth-order valence-corrected chi connectivity index (χ4v) is 3.60. The lowest BCUT2D eigenvalue weighted by Gasteiger charge is -2.20. The SMILES string of the molecule is Cn1ccnc1[C@@H](NC(=O)c1ccc2c(c1)CCCC2)C1CC1. The number of imidazole rings is 1. The van der Waals surface area contributed by atoms with E-state index in [9.17, 15) is 4.79 Å². The van der Waals surface area contributed by atoms with Gasteiger partial charge in [0.1, 0.15) is 5.82 Å². The van der Waals surface area contributed by atoms with Crippen LogP contribution in [0.15, 0.2) is 30.6 Å². The summed E-state index contributed by atoms with van der Waals surface area (Å²) in [6, 6.07) is 6.23. The minimum absolute atomic E-state index is 0.0262. The molecule has 0 unspecified atom stereocenters. The van der Waals surface area contributed by atoms with E-state index in [1.54, 1.807) is 6.20 Å². The van der Waals surface area contributed by atoms with Gasteiger partial charge in [-0.25, -0.2) is 4.98 Å². The predicted molar refractivity (Wildman–Crippen MR) is 89.2 cm³/mol. The Balaban J connectivity index is 1.55. The smallest absolute Gasteiger partial charge is 0.251 e. The third kappa shape index (κ3) is 2.90. The zero-order chi connectivity index (χ0) is 15.8. The summed E-state index contributed by atoms with van der Waals surface area (Å²) >= 11 is 0. The van der Waals surface area contributed by atoms with Gasteiger partial charge in [0.2, 0.25) is 0 Å². The standard InChI is InChI=1S/C19H23N3O/c1-22-11-10-20-18(22)17(14-7-8-14)21-19(23)16-9-6-13-4-2-3-5-15(13)12-16/h6,9-12,14,17H,2-5,7-8H2,1H3,(H,21,23)/t17-/m0/s1. The summed E-state index contributed by atoms with van der Waals surface area (Å²) < 4.78 is 2.01. The van der Waals surface area contributed by atoms with Crippen molar-refractivity contribution in [2.75, 3.05) is 0 Å². The number of hydrogen-bond donors (Lipinski definition) is 1. The minimum Gasteiger partial charge on any atom is -0.342 e. The maximum Gasteiger partial charge on any atom is 0.251 e. The van der Waals surface area contributed by atoms with Crippen molar-refractivity contribution in [3.8, 4) is 0 Å². The third-order valence-corrected chi connectivity index (χ3v) is 5.13. The lowest BCUT2D eigenvalue weighted by atomic mass is 9.90. The van der Waals surface area contributed by atoms with Crippen LogP contribution in [0.3, 0.4) is 0 Å². The molecule has 4 rings (SSSR count). The van der Waals surface area contributed by atoms with Crippen LogP contribution < -0.4 is 5.32 Å². The zero-order valence-corrected chi connectivity index (χ0v) is 13.6. The molecule has 1 aromatic heterocycles. The van der Waals surface area contributed by atoms with Crippen LogP contribution in [0.2, 0.25) is 0 Å². The Labute approximate surface area is 136 Å². The minimum atomic E-state index is 0.0262. The van der Waals surface area contributed by atoms with E-state index >= 15 is 0 Å². The van der Waals surface area contributed by atoms with Crippen LogP contribution in [0.1, 0.15) is 59.0 Å². The monoisotopic (exact) mass is 309 g/mol. The molecule has 4 nitrogen and oxygen atoms in total. The maximum atomic E-state index is 12.7. The molecule has 1 heterocycles. The molecule has 0 aliphatic heterocycles. The first-order chi connectivity index (χ1) is 11.2. The summed E-state index contributed by atoms with van der Waals surface area (Å²) in [6.45, 7) is 0. The first-order valence-corrected chi connectivity index (χ1v) is 8.62. The molecule has 1 aromatic carbocycles. The van der Waals surface area contributed by atoms with Crippen molar-refractivity contribution < 1.29 is 4.79 Å². The van der Waals surface area contributed by atoms with Crippen molar-refractivity contribution in [3.05, 3.63) is 53.1 Å². The number of fused-ring (bicyclic) bond motifs is 1. The lowest BCUT2D eigenvalue weighted by molar-refractivity contribution is 0.0929. The molecule has 2 aliphatic carbocycles. The quantitative estimate of drug-likeness (QED) is 0.943. The van der Waals surface area contributed by atoms with Gasteiger partial charge in [-0.3, -0.25) is 4.79 Å². The summed E-state index contributed by atoms with van der Waals surface area (Å²) in [6.07, 6.45) is 10.8. The van der Waals surface area contributed by atoms with Gasteiger partial charge >= 0.3 is 0 Å². The first-order valence-electron chi connectivity index (χ1n) is 8.62. The molecule has 2 aromatic rings. The van der Waals surface area contributed by atoms with E-state index in [4.69, 9.17) is 0 Å². The van der Waals surface area contributed by atoms with Crippen molar-refractivity contribution >= 4 is 5.91 Å². The van der Waals surface area contributed by atoms with E-state index in [0.717, 1.165) is 24.2 Å². The molecule has 0 spiro atoms. The summed E-state index contributed by atoms with van der Waals surface area (Å²) in [5.41, 5.74) is 3.55. The van der Waals surface area contributed by atoms with Gasteiger partial charge in [-0.15, -0.1) is 0 Å². The molecule has 23 heavy (non-hydrogen) atoms. The molecule has 4 heteroatoms. The van der Waals surface area contributed by atoms with Crippen molar-refractivity contribution in [1.82, 2.24) is 14.9 Å². The van der Waals surface area contributed by atoms with E-state index in [1.165, 1.54) is 36.8 Å². The van der Waals surface area contributed by atoms with Crippen LogP contribution in [0, 0.1) is 5.92 Å². The Morgan fingerprint density at radius 3 is 2.74 bits per heavy atom. The van der Waals surface area contributed by atoms with E-state index in [-0.39, 0.29) is 11.9 Å². The Morgan fingerprint density at radius 1 is 1.26 bits per heavy atom. The van der Waals surface area contributed by atoms with Crippen molar-refractivity contribution in [2.24, 2.45) is 13.0 Å². The Kier molecular flexibility index (Phi) is 3.68. The molecular formula is C19H23N3O. The zero-order valence-electron chi connectivity index (χ0n) is 13.6. The molecule has 1 fully saturated rings. The molecule has 1 amide bonds. The number of aryl methyl sites for hydroxylation is 3. The molecular weight excluding hydrogens is 286 g/mol. The Hall–Kier alpha value is -2.10. The van der Waals surface area contributed by atoms with E-state index in [0.29, 0.717) is 5.92 Å². The summed E-state index contributed by atoms with van der Waals surface area (Å²) in [5, 5.41) is 3.22. The average molecular weight is 309 g/mol. The lowest BCUT2D eigenvalue weighted by Crippen LogP contribution is -2.31. The summed E-state index contributed by atoms with van der Waals surface area (Å²) in [5.74, 6) is 1.51. The topological polar surface area (TPSA) is 46.9 Å². The van der Waals surface area contributed by atoms with E-state index in [1.807, 2.05) is 23.9 Å². The van der Waals surface area contributed by atoms with Crippen LogP contribution in [0.25, 0.3) is 0 Å². The molecule has 0 bridgehead atoms. The number of amides is 1. The highest BCUT2D eigenvalue weighted by Gasteiger charge is 2.35. The maximum absolute atomic E-state index is 12.7. The highest BCUT2D eigenvalue weighted by atomic mass is 16.1. The normalized spacial score (nSPS) is 18.3. The van der Waals surface area contributed by atoms with Gasteiger partial charge in [-0.05, 0) is 67.7 Å². The Morgan fingerprint density at radius 2 is 2.04 bits per heavy atom. The molecule has 1 N–H and O–H groups in total. The number of aromatic nitrogens is 2. The van der Waals surface area contributed by atoms with Crippen LogP contribution in [-0.2, 0) is 19.9 Å². The number of carbonyl (C=O) groups excluding carboxylic acids is 1. The largest absolute Gasteiger partial charge is 0.342 e. The molecule has 1 saturated carbocycles. The van der Waals surface area contributed by atoms with Crippen molar-refractivity contribution in [1.29, 1.82) is 0 Å². The molecule has 2 aliphatic rings. The second-order valence-electron chi connectivity index (χ2n) is 6.88. The number of nitrogens with zero attached hydrogens (tertiary/aromatic N) is 2. The molecule has 120 valence electrons. The van der Waals surface area contributed by atoms with Crippen LogP contribution in [-0.4, -0.2) is 15.5 Å². The molecule has 1 atom stereocenters. The fraction of sp³-hybridized carbons (Fsp3) is 0.474. The number of carbonyl (C=O) groups is 1. The average Bonchev–Trinajstić information content (AvgIpc) is 3.33. The van der Waals surface area contributed by atoms with Gasteiger partial charge < -0.3 is 9.88 Å². The molecule has 0 saturated heterocycles. The highest BCUT2D eigenvalue weighted by molar-refractivity contribution is 5.94. The van der Waals surface area contributed by atoms with Crippen LogP contribution >= 0.6 is 0 Å². The fourth-order valence-electron chi connectivity index (χ4n) is 3.60. The van der Waals surface area contributed by atoms with Crippen LogP contribution in [0.4, 0.5) is 0 Å². The number of hydrogen-bond acceptors (Lipinski definition) is 2. The number of rotatable bonds is 4. The van der Waals surface area contributed by atoms with Gasteiger partial charge in [0.25, 0.3) is 5.91 Å². The van der Waals surface area contributed by atoms with Crippen molar-refractivity contribution in [3.63, 3.8) is 0 Å². The summed E-state index contributed by atoms with van der Waals surface area (Å²) in [4.78, 5) is 17.2. The number of nitrogens with one attached hydrogen (secondary N) is 1. The highest BCUT2D eigenvalue weighted by Crippen LogP contribution is 2.40. The molecule has 0 radical (unpaired) electrons. The number of benzene rings is 1. The second-order valence-corrected chi connectivity index (χ2v) is 6.88. The third-order valence-electron chi connectivity index (χ3n) is 5.13. The Bertz CT molecular complexity index is 730. The van der Waals surface area contributed by atoms with Gasteiger partial charge in [-0.1, -0.05) is 6.07 Å². The van der Waals surface area contributed by atoms with Crippen LogP contribution in [0.5, 0.6) is 0 Å². The van der Waals surface area contributed by atoms with Gasteiger partial charge in [-0.2, -0.15) is 0 Å². The van der Waals surface area contributed by atoms with E-state index in [2.05, 4.69) is 22.4 Å². The second kappa shape index (κ2) is 5.84. The van der Waals surface area contributed by atoms with Gasteiger partial charge in [0.05, 0.1) is 6.04 Å².